The Kier molecular flexibility index (Phi) is 2.73. The summed E-state index contributed by atoms with van der Waals surface area (Å²) in [6.07, 6.45) is -4.37. The van der Waals surface area contributed by atoms with Gasteiger partial charge in [-0.1, -0.05) is 26.0 Å². The molecule has 1 aromatic rings. The summed E-state index contributed by atoms with van der Waals surface area (Å²) in [4.78, 5) is 0. The number of halogens is 3. The van der Waals surface area contributed by atoms with E-state index in [4.69, 9.17) is 5.73 Å². The van der Waals surface area contributed by atoms with Crippen molar-refractivity contribution in [3.05, 3.63) is 29.3 Å². The Balaban J connectivity index is 3.28. The zero-order valence-corrected chi connectivity index (χ0v) is 8.02. The molecule has 0 atom stereocenters. The summed E-state index contributed by atoms with van der Waals surface area (Å²) in [6.45, 7) is 3.62. The van der Waals surface area contributed by atoms with Crippen molar-refractivity contribution in [3.8, 4) is 0 Å². The third-order valence-electron chi connectivity index (χ3n) is 2.07. The van der Waals surface area contributed by atoms with Crippen molar-refractivity contribution in [2.75, 3.05) is 5.73 Å². The van der Waals surface area contributed by atoms with Crippen molar-refractivity contribution in [3.63, 3.8) is 0 Å². The van der Waals surface area contributed by atoms with Gasteiger partial charge in [-0.15, -0.1) is 0 Å². The highest BCUT2D eigenvalue weighted by Gasteiger charge is 2.33. The van der Waals surface area contributed by atoms with Crippen LogP contribution in [0, 0.1) is 0 Å². The van der Waals surface area contributed by atoms with E-state index >= 15 is 0 Å². The fourth-order valence-corrected chi connectivity index (χ4v) is 1.33. The molecule has 0 aliphatic carbocycles. The van der Waals surface area contributed by atoms with Crippen LogP contribution >= 0.6 is 0 Å². The average Bonchev–Trinajstić information content (AvgIpc) is 2.01. The van der Waals surface area contributed by atoms with Crippen LogP contribution in [-0.4, -0.2) is 0 Å². The summed E-state index contributed by atoms with van der Waals surface area (Å²) >= 11 is 0. The normalized spacial score (nSPS) is 12.1. The molecule has 0 unspecified atom stereocenters. The van der Waals surface area contributed by atoms with E-state index in [2.05, 4.69) is 0 Å². The van der Waals surface area contributed by atoms with Crippen molar-refractivity contribution in [2.45, 2.75) is 25.9 Å². The van der Waals surface area contributed by atoms with Gasteiger partial charge in [0.2, 0.25) is 0 Å². The number of anilines is 1. The van der Waals surface area contributed by atoms with Crippen LogP contribution in [0.3, 0.4) is 0 Å². The second kappa shape index (κ2) is 3.52. The SMILES string of the molecule is CC(C)c1cccc(C(F)(F)F)c1N. The molecule has 2 N–H and O–H groups in total. The Morgan fingerprint density at radius 1 is 1.21 bits per heavy atom. The van der Waals surface area contributed by atoms with E-state index in [-0.39, 0.29) is 11.6 Å². The molecule has 1 aromatic carbocycles. The molecule has 0 saturated heterocycles. The molecule has 14 heavy (non-hydrogen) atoms. The maximum absolute atomic E-state index is 12.4. The van der Waals surface area contributed by atoms with Crippen LogP contribution in [0.5, 0.6) is 0 Å². The van der Waals surface area contributed by atoms with Crippen molar-refractivity contribution in [2.24, 2.45) is 0 Å². The standard InChI is InChI=1S/C10H12F3N/c1-6(2)7-4-3-5-8(9(7)14)10(11,12)13/h3-6H,14H2,1-2H3. The molecule has 0 saturated carbocycles. The van der Waals surface area contributed by atoms with Crippen molar-refractivity contribution in [1.29, 1.82) is 0 Å². The lowest BCUT2D eigenvalue weighted by molar-refractivity contribution is -0.136. The van der Waals surface area contributed by atoms with Crippen LogP contribution in [0.1, 0.15) is 30.9 Å². The number of rotatable bonds is 1. The fourth-order valence-electron chi connectivity index (χ4n) is 1.33. The average molecular weight is 203 g/mol. The molecule has 0 aliphatic rings. The van der Waals surface area contributed by atoms with Crippen LogP contribution in [0.25, 0.3) is 0 Å². The van der Waals surface area contributed by atoms with Crippen LogP contribution in [-0.2, 0) is 6.18 Å². The molecule has 0 spiro atoms. The van der Waals surface area contributed by atoms with E-state index in [1.165, 1.54) is 6.07 Å². The Morgan fingerprint density at radius 3 is 2.21 bits per heavy atom. The van der Waals surface area contributed by atoms with Crippen LogP contribution < -0.4 is 5.73 Å². The van der Waals surface area contributed by atoms with Gasteiger partial charge in [0.1, 0.15) is 0 Å². The summed E-state index contributed by atoms with van der Waals surface area (Å²) in [5.41, 5.74) is 5.09. The topological polar surface area (TPSA) is 26.0 Å². The molecule has 0 aliphatic heterocycles. The van der Waals surface area contributed by atoms with Crippen molar-refractivity contribution in [1.82, 2.24) is 0 Å². The van der Waals surface area contributed by atoms with Crippen LogP contribution in [0.4, 0.5) is 18.9 Å². The Labute approximate surface area is 80.7 Å². The van der Waals surface area contributed by atoms with E-state index < -0.39 is 11.7 Å². The fraction of sp³-hybridized carbons (Fsp3) is 0.400. The Bertz CT molecular complexity index is 329. The minimum absolute atomic E-state index is 0.00250. The summed E-state index contributed by atoms with van der Waals surface area (Å²) in [5.74, 6) is -0.00250. The lowest BCUT2D eigenvalue weighted by atomic mass is 9.98. The molecule has 0 heterocycles. The van der Waals surface area contributed by atoms with E-state index in [0.717, 1.165) is 6.07 Å². The number of hydrogen-bond donors (Lipinski definition) is 1. The monoisotopic (exact) mass is 203 g/mol. The first kappa shape index (κ1) is 10.9. The minimum Gasteiger partial charge on any atom is -0.398 e. The third-order valence-corrected chi connectivity index (χ3v) is 2.07. The van der Waals surface area contributed by atoms with E-state index in [1.807, 2.05) is 13.8 Å². The second-order valence-electron chi connectivity index (χ2n) is 3.46. The molecular formula is C10H12F3N. The molecular weight excluding hydrogens is 191 g/mol. The van der Waals surface area contributed by atoms with Gasteiger partial charge in [-0.3, -0.25) is 0 Å². The summed E-state index contributed by atoms with van der Waals surface area (Å²) < 4.78 is 37.2. The number of hydrogen-bond acceptors (Lipinski definition) is 1. The molecule has 1 nitrogen and oxygen atoms in total. The summed E-state index contributed by atoms with van der Waals surface area (Å²) in [5, 5.41) is 0. The van der Waals surface area contributed by atoms with Gasteiger partial charge in [-0.25, -0.2) is 0 Å². The first-order valence-corrected chi connectivity index (χ1v) is 4.29. The molecule has 78 valence electrons. The van der Waals surface area contributed by atoms with E-state index in [1.54, 1.807) is 6.07 Å². The van der Waals surface area contributed by atoms with Gasteiger partial charge in [0.05, 0.1) is 5.56 Å². The first-order valence-electron chi connectivity index (χ1n) is 4.29. The van der Waals surface area contributed by atoms with Crippen LogP contribution in [0.2, 0.25) is 0 Å². The quantitative estimate of drug-likeness (QED) is 0.695. The van der Waals surface area contributed by atoms with Crippen molar-refractivity contribution >= 4 is 5.69 Å². The number of nitrogens with two attached hydrogens (primary N) is 1. The Hall–Kier alpha value is -1.19. The molecule has 0 aromatic heterocycles. The van der Waals surface area contributed by atoms with E-state index in [9.17, 15) is 13.2 Å². The lowest BCUT2D eigenvalue weighted by Crippen LogP contribution is -2.11. The highest BCUT2D eigenvalue weighted by Crippen LogP contribution is 2.36. The predicted octanol–water partition coefficient (Wildman–Crippen LogP) is 3.41. The lowest BCUT2D eigenvalue weighted by Gasteiger charge is -2.15. The van der Waals surface area contributed by atoms with Gasteiger partial charge < -0.3 is 5.73 Å². The minimum atomic E-state index is -4.37. The molecule has 0 radical (unpaired) electrons. The predicted molar refractivity (Wildman–Crippen MR) is 49.9 cm³/mol. The van der Waals surface area contributed by atoms with Gasteiger partial charge in [-0.2, -0.15) is 13.2 Å². The molecule has 4 heteroatoms. The van der Waals surface area contributed by atoms with E-state index in [0.29, 0.717) is 5.56 Å². The number of benzene rings is 1. The summed E-state index contributed by atoms with van der Waals surface area (Å²) in [7, 11) is 0. The van der Waals surface area contributed by atoms with Gasteiger partial charge in [0.25, 0.3) is 0 Å². The van der Waals surface area contributed by atoms with Gasteiger partial charge in [-0.05, 0) is 17.5 Å². The largest absolute Gasteiger partial charge is 0.418 e. The highest BCUT2D eigenvalue weighted by atomic mass is 19.4. The highest BCUT2D eigenvalue weighted by molar-refractivity contribution is 5.56. The van der Waals surface area contributed by atoms with Gasteiger partial charge in [0, 0.05) is 5.69 Å². The third kappa shape index (κ3) is 2.00. The summed E-state index contributed by atoms with van der Waals surface area (Å²) in [6, 6.07) is 4.00. The number of alkyl halides is 3. The first-order chi connectivity index (χ1) is 6.34. The van der Waals surface area contributed by atoms with Gasteiger partial charge in [0.15, 0.2) is 0 Å². The Morgan fingerprint density at radius 2 is 1.79 bits per heavy atom. The maximum Gasteiger partial charge on any atom is 0.418 e. The molecule has 1 rings (SSSR count). The molecule has 0 amide bonds. The smallest absolute Gasteiger partial charge is 0.398 e. The zero-order chi connectivity index (χ0) is 10.9. The molecule has 0 fully saturated rings. The maximum atomic E-state index is 12.4. The second-order valence-corrected chi connectivity index (χ2v) is 3.46. The number of nitrogen functional groups attached to an aromatic ring is 1. The van der Waals surface area contributed by atoms with Crippen LogP contribution in [0.15, 0.2) is 18.2 Å². The van der Waals surface area contributed by atoms with Gasteiger partial charge >= 0.3 is 6.18 Å². The number of para-hydroxylation sites is 1. The van der Waals surface area contributed by atoms with Crippen molar-refractivity contribution < 1.29 is 13.2 Å². The zero-order valence-electron chi connectivity index (χ0n) is 8.02. The molecule has 0 bridgehead atoms.